The van der Waals surface area contributed by atoms with Gasteiger partial charge in [0, 0.05) is 77.9 Å². The van der Waals surface area contributed by atoms with Gasteiger partial charge in [0.15, 0.2) is 11.5 Å². The van der Waals surface area contributed by atoms with Crippen molar-refractivity contribution in [3.8, 4) is 191 Å². The fourth-order valence-corrected chi connectivity index (χ4v) is 20.6. The number of benzene rings is 16. The maximum Gasteiger partial charge on any atom is 2.00 e. The molecule has 0 aliphatic carbocycles. The van der Waals surface area contributed by atoms with Crippen molar-refractivity contribution in [1.29, 1.82) is 0 Å². The van der Waals surface area contributed by atoms with Crippen LogP contribution in [0.15, 0.2) is 376 Å². The van der Waals surface area contributed by atoms with Crippen LogP contribution >= 0.6 is 0 Å². The third-order valence-corrected chi connectivity index (χ3v) is 26.9. The minimum atomic E-state index is 0. The van der Waals surface area contributed by atoms with Crippen LogP contribution in [0.4, 0.5) is 0 Å². The van der Waals surface area contributed by atoms with Gasteiger partial charge < -0.3 is 39.4 Å². The molecule has 11 heteroatoms. The first kappa shape index (κ1) is 89.8. The Labute approximate surface area is 813 Å². The van der Waals surface area contributed by atoms with Gasteiger partial charge in [-0.15, -0.1) is 0 Å². The Balaban J connectivity index is 0.0000116. The zero-order chi connectivity index (χ0) is 91.3. The number of hydrogen-bond acceptors (Lipinski definition) is 8. The SMILES string of the molecule is CCCCCCCCCCCOc1cc2c3nc4nc(nc5[n-]c(nc6nc(nc([n-]3)c2cc1OCCCCCCCCCCC)-c1c(-c2ccccc2)c(-c2ccccc2)c(-c2ccccc2)c(-c2ccccc2)c1-6)c1c(-c2ccccc2)c(-c2ccccc2)c(-c2ccccc2)c(-c2ccccc2)c51)-c1c(-c2ccccc2)c(-c2ccccc2)c(-c2ccccc2)c(-c2ccccc2)c1-4.[Ni+2]. The second-order valence-corrected chi connectivity index (χ2v) is 35.8. The number of nitrogens with zero attached hydrogens (tertiary/aromatic N) is 8. The molecule has 0 saturated heterocycles. The van der Waals surface area contributed by atoms with E-state index in [1.165, 1.54) is 77.0 Å². The van der Waals surface area contributed by atoms with Crippen LogP contribution in [0.3, 0.4) is 0 Å². The molecule has 0 atom stereocenters. The second-order valence-electron chi connectivity index (χ2n) is 35.8. The van der Waals surface area contributed by atoms with Gasteiger partial charge in [0.25, 0.3) is 0 Å². The normalized spacial score (nSPS) is 11.5. The van der Waals surface area contributed by atoms with Gasteiger partial charge in [0.2, 0.25) is 0 Å². The van der Waals surface area contributed by atoms with E-state index in [1.54, 1.807) is 0 Å². The van der Waals surface area contributed by atoms with Crippen molar-refractivity contribution in [3.05, 3.63) is 376 Å². The molecule has 3 aromatic heterocycles. The van der Waals surface area contributed by atoms with Crippen LogP contribution in [0.5, 0.6) is 11.5 Å². The van der Waals surface area contributed by atoms with Crippen molar-refractivity contribution in [3.63, 3.8) is 0 Å². The van der Waals surface area contributed by atoms with Gasteiger partial charge >= 0.3 is 16.5 Å². The molecule has 8 bridgehead atoms. The smallest absolute Gasteiger partial charge is 0.490 e. The van der Waals surface area contributed by atoms with Crippen molar-refractivity contribution in [2.75, 3.05) is 13.2 Å². The summed E-state index contributed by atoms with van der Waals surface area (Å²) in [6.45, 7) is 5.55. The van der Waals surface area contributed by atoms with Crippen molar-refractivity contribution in [1.82, 2.24) is 39.9 Å². The summed E-state index contributed by atoms with van der Waals surface area (Å²) >= 11 is 0. The predicted octanol–water partition coefficient (Wildman–Crippen LogP) is 33.9. The van der Waals surface area contributed by atoms with Gasteiger partial charge in [-0.1, -0.05) is 481 Å². The Kier molecular flexibility index (Phi) is 27.7. The summed E-state index contributed by atoms with van der Waals surface area (Å²) in [6.07, 6.45) is 21.2. The number of unbranched alkanes of at least 4 members (excludes halogenated alkanes) is 16. The number of fused-ring (bicyclic) bond motifs is 20. The fourth-order valence-electron chi connectivity index (χ4n) is 20.6. The molecule has 0 N–H and O–H groups in total. The van der Waals surface area contributed by atoms with Crippen molar-refractivity contribution in [2.45, 2.75) is 129 Å². The van der Waals surface area contributed by atoms with Crippen LogP contribution in [-0.4, -0.2) is 43.1 Å². The predicted molar refractivity (Wildman–Crippen MR) is 565 cm³/mol. The largest absolute Gasteiger partial charge is 2.00 e. The summed E-state index contributed by atoms with van der Waals surface area (Å²) in [4.78, 5) is 49.9. The maximum atomic E-state index is 7.26. The Hall–Kier alpha value is -15.0. The van der Waals surface area contributed by atoms with E-state index >= 15 is 0 Å². The first-order valence-electron chi connectivity index (χ1n) is 49.1. The third-order valence-electron chi connectivity index (χ3n) is 26.9. The number of ether oxygens (including phenoxy) is 2. The number of rotatable bonds is 34. The summed E-state index contributed by atoms with van der Waals surface area (Å²) in [7, 11) is 0. The summed E-state index contributed by atoms with van der Waals surface area (Å²) in [6, 6.07) is 134. The topological polar surface area (TPSA) is 124 Å². The van der Waals surface area contributed by atoms with E-state index in [0.29, 0.717) is 81.4 Å². The van der Waals surface area contributed by atoms with Crippen LogP contribution in [0.2, 0.25) is 0 Å². The number of aromatic nitrogens is 8. The molecule has 2 aliphatic heterocycles. The molecule has 0 radical (unpaired) electrons. The minimum Gasteiger partial charge on any atom is -0.490 e. The Morgan fingerprint density at radius 1 is 0.182 bits per heavy atom. The first-order chi connectivity index (χ1) is 67.5. The van der Waals surface area contributed by atoms with E-state index in [4.69, 9.17) is 49.3 Å². The van der Waals surface area contributed by atoms with Crippen molar-refractivity contribution >= 4 is 44.1 Å². The maximum absolute atomic E-state index is 7.26. The van der Waals surface area contributed by atoms with Crippen LogP contribution in [0, 0.1) is 0 Å². The quantitative estimate of drug-likeness (QED) is 0.0284. The fraction of sp³-hybridized carbons (Fsp3) is 0.175. The average molecular weight is 1820 g/mol. The zero-order valence-corrected chi connectivity index (χ0v) is 78.6. The molecule has 10 nitrogen and oxygen atoms in total. The molecule has 674 valence electrons. The molecule has 5 heterocycles. The van der Waals surface area contributed by atoms with Crippen LogP contribution in [0.25, 0.3) is 223 Å². The molecule has 0 amide bonds. The van der Waals surface area contributed by atoms with Crippen LogP contribution in [-0.2, 0) is 16.5 Å². The summed E-state index contributed by atoms with van der Waals surface area (Å²) in [5.41, 5.74) is 27.8. The van der Waals surface area contributed by atoms with Crippen LogP contribution < -0.4 is 19.4 Å². The molecule has 2 aliphatic rings. The van der Waals surface area contributed by atoms with E-state index < -0.39 is 0 Å². The van der Waals surface area contributed by atoms with Gasteiger partial charge in [-0.05, 0) is 147 Å². The second kappa shape index (κ2) is 42.3. The van der Waals surface area contributed by atoms with E-state index in [0.717, 1.165) is 205 Å². The van der Waals surface area contributed by atoms with E-state index in [-0.39, 0.29) is 16.5 Å². The van der Waals surface area contributed by atoms with Gasteiger partial charge in [-0.2, -0.15) is 0 Å². The standard InChI is InChI=1S/C126H108N8O2.Ni/c1-3-5-7-9-11-13-15-17-55-81-135-99-83-97-98(84-100(99)136-82-56-18-16-14-12-10-8-6-4-2)120-127-119(97)128-121-113-107(91-69-43-25-44-70-91)101(85-57-31-19-32-58-85)103(87-61-35-21-36-62-87)109(93-73-47-27-48-74-93)115(113)123(130-121)132-125-117-111(95-77-51-29-52-78-95)105(89-65-39-23-40-66-89)106(90-67-41-24-42-68-90)112(96-79-53-30-54-80-96)118(117)126(134-125)133-124-116-110(94-75-49-28-50-76-94)104(88-63-37-22-38-64-88)102(86-59-33-20-34-60-86)108(92-71-45-26-46-72-92)114(116)122(129-120)131-124;/h19-54,57-80,83-84H,3-18,55-56,81-82H2,1-2H3;/q-2;+2. The van der Waals surface area contributed by atoms with Gasteiger partial charge in [-0.3, -0.25) is 0 Å². The molecule has 137 heavy (non-hydrogen) atoms. The Morgan fingerprint density at radius 3 is 0.562 bits per heavy atom. The molecular formula is C126H108N8NiO2. The zero-order valence-electron chi connectivity index (χ0n) is 77.6. The molecule has 0 fully saturated rings. The van der Waals surface area contributed by atoms with Crippen LogP contribution in [0.1, 0.15) is 129 Å². The summed E-state index contributed by atoms with van der Waals surface area (Å²) < 4.78 is 14.5. The van der Waals surface area contributed by atoms with Gasteiger partial charge in [0.1, 0.15) is 0 Å². The van der Waals surface area contributed by atoms with E-state index in [1.807, 2.05) is 0 Å². The molecule has 0 spiro atoms. The molecular weight excluding hydrogens is 1720 g/mol. The molecule has 19 aromatic rings. The monoisotopic (exact) mass is 1820 g/mol. The summed E-state index contributed by atoms with van der Waals surface area (Å²) in [5, 5.41) is 2.93. The molecule has 21 rings (SSSR count). The Bertz CT molecular complexity index is 7160. The van der Waals surface area contributed by atoms with Crippen molar-refractivity contribution in [2.24, 2.45) is 0 Å². The summed E-state index contributed by atoms with van der Waals surface area (Å²) in [5.74, 6) is 2.81. The molecule has 0 saturated carbocycles. The van der Waals surface area contributed by atoms with E-state index in [2.05, 4.69) is 390 Å². The van der Waals surface area contributed by atoms with E-state index in [9.17, 15) is 0 Å². The van der Waals surface area contributed by atoms with Gasteiger partial charge in [-0.25, -0.2) is 9.97 Å². The first-order valence-corrected chi connectivity index (χ1v) is 49.1. The number of hydrogen-bond donors (Lipinski definition) is 0. The molecule has 0 unspecified atom stereocenters. The van der Waals surface area contributed by atoms with Crippen molar-refractivity contribution < 1.29 is 26.0 Å². The van der Waals surface area contributed by atoms with Gasteiger partial charge in [0.05, 0.1) is 36.5 Å². The average Bonchev–Trinajstić information content (AvgIpc) is 1.57. The minimum absolute atomic E-state index is 0. The Morgan fingerprint density at radius 2 is 0.350 bits per heavy atom. The molecule has 16 aromatic carbocycles. The third kappa shape index (κ3) is 18.4.